The number of aromatic nitrogens is 6. The van der Waals surface area contributed by atoms with Crippen molar-refractivity contribution in [3.63, 3.8) is 0 Å². The van der Waals surface area contributed by atoms with Crippen LogP contribution in [0.2, 0.25) is 0 Å². The van der Waals surface area contributed by atoms with Crippen LogP contribution in [-0.2, 0) is 13.0 Å². The lowest BCUT2D eigenvalue weighted by Crippen LogP contribution is -2.52. The molecule has 4 heterocycles. The molecular formula is C15H20N8O. The molecule has 0 radical (unpaired) electrons. The molecular weight excluding hydrogens is 308 g/mol. The summed E-state index contributed by atoms with van der Waals surface area (Å²) >= 11 is 0. The molecule has 0 N–H and O–H groups in total. The number of piperazine rings is 1. The summed E-state index contributed by atoms with van der Waals surface area (Å²) in [7, 11) is 0. The molecule has 0 spiro atoms. The van der Waals surface area contributed by atoms with Gasteiger partial charge in [-0.3, -0.25) is 4.90 Å². The van der Waals surface area contributed by atoms with Crippen molar-refractivity contribution in [1.29, 1.82) is 0 Å². The highest BCUT2D eigenvalue weighted by atomic mass is 16.4. The Morgan fingerprint density at radius 3 is 2.83 bits per heavy atom. The standard InChI is InChI=1S/C15H20N8O/c1-3-14-18-19-15(24-14)9-21-6-7-22(11(2)8-21)13-5-4-12-17-16-10-23(12)20-13/h4-5,10-11H,3,6-9H2,1-2H3. The third-order valence-electron chi connectivity index (χ3n) is 4.32. The van der Waals surface area contributed by atoms with Gasteiger partial charge in [-0.05, 0) is 19.1 Å². The zero-order chi connectivity index (χ0) is 16.5. The Balaban J connectivity index is 1.43. The van der Waals surface area contributed by atoms with E-state index in [9.17, 15) is 0 Å². The highest BCUT2D eigenvalue weighted by molar-refractivity contribution is 5.46. The maximum absolute atomic E-state index is 5.61. The summed E-state index contributed by atoms with van der Waals surface area (Å²) in [5.74, 6) is 2.33. The fourth-order valence-corrected chi connectivity index (χ4v) is 3.08. The molecule has 0 bridgehead atoms. The maximum Gasteiger partial charge on any atom is 0.230 e. The monoisotopic (exact) mass is 328 g/mol. The minimum atomic E-state index is 0.341. The fourth-order valence-electron chi connectivity index (χ4n) is 3.08. The second kappa shape index (κ2) is 6.16. The minimum absolute atomic E-state index is 0.341. The number of rotatable bonds is 4. The van der Waals surface area contributed by atoms with Gasteiger partial charge >= 0.3 is 0 Å². The molecule has 3 aromatic rings. The van der Waals surface area contributed by atoms with Gasteiger partial charge in [0, 0.05) is 32.1 Å². The summed E-state index contributed by atoms with van der Waals surface area (Å²) in [6, 6.07) is 4.29. The van der Waals surface area contributed by atoms with Gasteiger partial charge in [-0.2, -0.15) is 4.52 Å². The van der Waals surface area contributed by atoms with Gasteiger partial charge in [0.05, 0.1) is 6.54 Å². The van der Waals surface area contributed by atoms with E-state index < -0.39 is 0 Å². The van der Waals surface area contributed by atoms with Crippen molar-refractivity contribution in [2.24, 2.45) is 0 Å². The van der Waals surface area contributed by atoms with Crippen LogP contribution in [0.15, 0.2) is 22.9 Å². The Bertz CT molecular complexity index is 828. The predicted molar refractivity (Wildman–Crippen MR) is 86.5 cm³/mol. The fraction of sp³-hybridized carbons (Fsp3) is 0.533. The van der Waals surface area contributed by atoms with Crippen LogP contribution in [-0.4, -0.2) is 60.6 Å². The van der Waals surface area contributed by atoms with Gasteiger partial charge in [0.2, 0.25) is 11.8 Å². The Labute approximate surface area is 139 Å². The molecule has 1 aliphatic heterocycles. The van der Waals surface area contributed by atoms with Crippen LogP contribution >= 0.6 is 0 Å². The quantitative estimate of drug-likeness (QED) is 0.694. The largest absolute Gasteiger partial charge is 0.424 e. The molecule has 0 aromatic carbocycles. The first kappa shape index (κ1) is 15.0. The zero-order valence-electron chi connectivity index (χ0n) is 13.8. The van der Waals surface area contributed by atoms with Crippen molar-refractivity contribution in [2.75, 3.05) is 24.5 Å². The maximum atomic E-state index is 5.61. The van der Waals surface area contributed by atoms with Gasteiger partial charge in [-0.15, -0.1) is 25.5 Å². The van der Waals surface area contributed by atoms with Gasteiger partial charge in [0.25, 0.3) is 0 Å². The van der Waals surface area contributed by atoms with E-state index in [-0.39, 0.29) is 0 Å². The summed E-state index contributed by atoms with van der Waals surface area (Å²) in [6.45, 7) is 7.66. The van der Waals surface area contributed by atoms with Crippen LogP contribution in [0.1, 0.15) is 25.6 Å². The third-order valence-corrected chi connectivity index (χ3v) is 4.32. The van der Waals surface area contributed by atoms with Crippen LogP contribution in [0, 0.1) is 0 Å². The van der Waals surface area contributed by atoms with Gasteiger partial charge in [0.15, 0.2) is 5.65 Å². The lowest BCUT2D eigenvalue weighted by Gasteiger charge is -2.39. The zero-order valence-corrected chi connectivity index (χ0v) is 13.8. The van der Waals surface area contributed by atoms with E-state index >= 15 is 0 Å². The second-order valence-corrected chi connectivity index (χ2v) is 6.05. The Hall–Kier alpha value is -2.55. The number of hydrogen-bond acceptors (Lipinski definition) is 8. The van der Waals surface area contributed by atoms with Crippen LogP contribution in [0.5, 0.6) is 0 Å². The molecule has 3 aromatic heterocycles. The topological polar surface area (TPSA) is 88.5 Å². The number of hydrogen-bond donors (Lipinski definition) is 0. The molecule has 9 heteroatoms. The minimum Gasteiger partial charge on any atom is -0.424 e. The third kappa shape index (κ3) is 2.82. The Morgan fingerprint density at radius 1 is 1.17 bits per heavy atom. The molecule has 9 nitrogen and oxygen atoms in total. The van der Waals surface area contributed by atoms with E-state index in [4.69, 9.17) is 4.42 Å². The molecule has 1 aliphatic rings. The summed E-state index contributed by atoms with van der Waals surface area (Å²) < 4.78 is 7.32. The average molecular weight is 328 g/mol. The molecule has 0 aliphatic carbocycles. The Kier molecular flexibility index (Phi) is 3.85. The van der Waals surface area contributed by atoms with Crippen molar-refractivity contribution < 1.29 is 4.42 Å². The van der Waals surface area contributed by atoms with E-state index in [0.717, 1.165) is 37.5 Å². The van der Waals surface area contributed by atoms with E-state index in [0.29, 0.717) is 24.4 Å². The van der Waals surface area contributed by atoms with Crippen LogP contribution in [0.25, 0.3) is 5.65 Å². The number of anilines is 1. The average Bonchev–Trinajstić information content (AvgIpc) is 3.23. The van der Waals surface area contributed by atoms with Crippen LogP contribution in [0.3, 0.4) is 0 Å². The normalized spacial score (nSPS) is 19.2. The Morgan fingerprint density at radius 2 is 2.04 bits per heavy atom. The highest BCUT2D eigenvalue weighted by Crippen LogP contribution is 2.19. The van der Waals surface area contributed by atoms with Crippen LogP contribution < -0.4 is 4.90 Å². The van der Waals surface area contributed by atoms with Gasteiger partial charge in [0.1, 0.15) is 12.1 Å². The summed E-state index contributed by atoms with van der Waals surface area (Å²) in [5.41, 5.74) is 0.758. The molecule has 1 unspecified atom stereocenters. The van der Waals surface area contributed by atoms with E-state index in [1.807, 2.05) is 19.1 Å². The molecule has 24 heavy (non-hydrogen) atoms. The predicted octanol–water partition coefficient (Wildman–Crippen LogP) is 0.780. The van der Waals surface area contributed by atoms with Crippen molar-refractivity contribution in [3.05, 3.63) is 30.2 Å². The first-order chi connectivity index (χ1) is 11.7. The number of nitrogens with zero attached hydrogens (tertiary/aromatic N) is 8. The van der Waals surface area contributed by atoms with Gasteiger partial charge in [-0.1, -0.05) is 6.92 Å². The van der Waals surface area contributed by atoms with E-state index in [2.05, 4.69) is 42.2 Å². The molecule has 0 saturated carbocycles. The van der Waals surface area contributed by atoms with Crippen molar-refractivity contribution in [1.82, 2.24) is 34.9 Å². The van der Waals surface area contributed by atoms with Gasteiger partial charge in [-0.25, -0.2) is 0 Å². The number of aryl methyl sites for hydroxylation is 1. The first-order valence-corrected chi connectivity index (χ1v) is 8.20. The van der Waals surface area contributed by atoms with Crippen molar-refractivity contribution in [3.8, 4) is 0 Å². The van der Waals surface area contributed by atoms with E-state index in [1.165, 1.54) is 0 Å². The molecule has 126 valence electrons. The molecule has 1 fully saturated rings. The van der Waals surface area contributed by atoms with Crippen LogP contribution in [0.4, 0.5) is 5.82 Å². The smallest absolute Gasteiger partial charge is 0.230 e. The molecule has 1 atom stereocenters. The lowest BCUT2D eigenvalue weighted by atomic mass is 10.2. The highest BCUT2D eigenvalue weighted by Gasteiger charge is 2.26. The lowest BCUT2D eigenvalue weighted by molar-refractivity contribution is 0.200. The second-order valence-electron chi connectivity index (χ2n) is 6.05. The first-order valence-electron chi connectivity index (χ1n) is 8.20. The SMILES string of the molecule is CCc1nnc(CN2CCN(c3ccc4nncn4n3)C(C)C2)o1. The van der Waals surface area contributed by atoms with Crippen molar-refractivity contribution >= 4 is 11.5 Å². The molecule has 0 amide bonds. The summed E-state index contributed by atoms with van der Waals surface area (Å²) in [5, 5.41) is 20.6. The summed E-state index contributed by atoms with van der Waals surface area (Å²) in [6.07, 6.45) is 2.40. The van der Waals surface area contributed by atoms with Gasteiger partial charge < -0.3 is 9.32 Å². The molecule has 4 rings (SSSR count). The van der Waals surface area contributed by atoms with E-state index in [1.54, 1.807) is 10.8 Å². The number of fused-ring (bicyclic) bond motifs is 1. The van der Waals surface area contributed by atoms with Crippen molar-refractivity contribution in [2.45, 2.75) is 32.9 Å². The summed E-state index contributed by atoms with van der Waals surface area (Å²) in [4.78, 5) is 4.65. The molecule has 1 saturated heterocycles.